The molecule has 0 radical (unpaired) electrons. The van der Waals surface area contributed by atoms with Crippen molar-refractivity contribution in [3.05, 3.63) is 64.4 Å². The lowest BCUT2D eigenvalue weighted by atomic mass is 9.97. The van der Waals surface area contributed by atoms with Gasteiger partial charge in [0, 0.05) is 43.6 Å². The molecule has 0 saturated carbocycles. The Morgan fingerprint density at radius 1 is 1.00 bits per heavy atom. The number of carbonyl (C=O) groups excluding carboxylic acids is 2. The molecule has 4 amide bonds. The van der Waals surface area contributed by atoms with Gasteiger partial charge in [-0.3, -0.25) is 4.90 Å². The fourth-order valence-corrected chi connectivity index (χ4v) is 5.44. The summed E-state index contributed by atoms with van der Waals surface area (Å²) in [5.41, 5.74) is 6.18. The number of rotatable bonds is 4. The van der Waals surface area contributed by atoms with E-state index < -0.39 is 0 Å². The van der Waals surface area contributed by atoms with E-state index in [9.17, 15) is 9.59 Å². The number of hydrogen-bond acceptors (Lipinski definition) is 4. The van der Waals surface area contributed by atoms with Gasteiger partial charge in [0.05, 0.1) is 20.8 Å². The smallest absolute Gasteiger partial charge is 0.324 e. The lowest BCUT2D eigenvalue weighted by Crippen LogP contribution is -2.43. The van der Waals surface area contributed by atoms with Crippen molar-refractivity contribution in [1.29, 1.82) is 0 Å². The lowest BCUT2D eigenvalue weighted by Gasteiger charge is -2.33. The van der Waals surface area contributed by atoms with Gasteiger partial charge in [0.25, 0.3) is 0 Å². The predicted molar refractivity (Wildman–Crippen MR) is 154 cm³/mol. The number of anilines is 1. The second-order valence-corrected chi connectivity index (χ2v) is 10.3. The Labute approximate surface area is 232 Å². The molecule has 1 N–H and O–H groups in total. The van der Waals surface area contributed by atoms with E-state index in [1.807, 2.05) is 65.8 Å². The minimum absolute atomic E-state index is 0.00618. The first-order valence-electron chi connectivity index (χ1n) is 14.0. The second kappa shape index (κ2) is 12.9. The largest absolute Gasteiger partial charge is 0.497 e. The maximum Gasteiger partial charge on any atom is 0.324 e. The van der Waals surface area contributed by atoms with E-state index >= 15 is 0 Å². The fourth-order valence-electron chi connectivity index (χ4n) is 5.44. The number of hydrogen-bond donors (Lipinski definition) is 1. The zero-order valence-electron chi connectivity index (χ0n) is 24.0. The van der Waals surface area contributed by atoms with E-state index in [2.05, 4.69) is 11.4 Å². The van der Waals surface area contributed by atoms with Crippen molar-refractivity contribution in [3.8, 4) is 11.5 Å². The normalized spacial score (nSPS) is 16.7. The third-order valence-corrected chi connectivity index (χ3v) is 7.70. The molecular weight excluding hydrogens is 492 g/mol. The molecule has 2 heterocycles. The highest BCUT2D eigenvalue weighted by atomic mass is 16.5. The lowest BCUT2D eigenvalue weighted by molar-refractivity contribution is 0.162. The number of urea groups is 2. The number of ether oxygens (including phenoxy) is 2. The molecule has 2 aliphatic heterocycles. The van der Waals surface area contributed by atoms with Crippen molar-refractivity contribution >= 4 is 17.7 Å². The maximum atomic E-state index is 13.9. The van der Waals surface area contributed by atoms with Crippen molar-refractivity contribution < 1.29 is 19.1 Å². The number of aryl methyl sites for hydroxylation is 2. The SMILES string of the molecule is CCN1CCCN(C(=O)Nc2cc(C)ccc2C)CCCC2=CCCc3c(cc(OC)cc3OC)CN2C1=O. The van der Waals surface area contributed by atoms with Crippen LogP contribution >= 0.6 is 0 Å². The second-order valence-electron chi connectivity index (χ2n) is 10.3. The molecule has 1 fully saturated rings. The van der Waals surface area contributed by atoms with Crippen molar-refractivity contribution in [3.63, 3.8) is 0 Å². The maximum absolute atomic E-state index is 13.9. The zero-order valence-corrected chi connectivity index (χ0v) is 24.0. The van der Waals surface area contributed by atoms with Crippen LogP contribution in [0.3, 0.4) is 0 Å². The Kier molecular flexibility index (Phi) is 9.38. The van der Waals surface area contributed by atoms with Crippen LogP contribution in [-0.2, 0) is 13.0 Å². The Bertz CT molecular complexity index is 1230. The first-order valence-corrected chi connectivity index (χ1v) is 14.0. The summed E-state index contributed by atoms with van der Waals surface area (Å²) in [7, 11) is 3.32. The number of carbonyl (C=O) groups is 2. The van der Waals surface area contributed by atoms with Gasteiger partial charge in [0.2, 0.25) is 0 Å². The third kappa shape index (κ3) is 6.67. The minimum Gasteiger partial charge on any atom is -0.497 e. The number of allylic oxidation sites excluding steroid dienone is 2. The molecule has 8 nitrogen and oxygen atoms in total. The summed E-state index contributed by atoms with van der Waals surface area (Å²) in [6.45, 7) is 8.91. The van der Waals surface area contributed by atoms with Gasteiger partial charge in [0.15, 0.2) is 0 Å². The van der Waals surface area contributed by atoms with Crippen molar-refractivity contribution in [1.82, 2.24) is 14.7 Å². The van der Waals surface area contributed by atoms with Crippen LogP contribution in [0.1, 0.15) is 54.9 Å². The summed E-state index contributed by atoms with van der Waals surface area (Å²) in [4.78, 5) is 32.9. The summed E-state index contributed by atoms with van der Waals surface area (Å²) in [6, 6.07) is 9.94. The number of methoxy groups -OCH3 is 2. The highest BCUT2D eigenvalue weighted by Crippen LogP contribution is 2.34. The Hall–Kier alpha value is -3.68. The topological polar surface area (TPSA) is 74.4 Å². The monoisotopic (exact) mass is 534 g/mol. The highest BCUT2D eigenvalue weighted by Gasteiger charge is 2.28. The summed E-state index contributed by atoms with van der Waals surface area (Å²) < 4.78 is 11.2. The number of nitrogens with zero attached hydrogens (tertiary/aromatic N) is 3. The van der Waals surface area contributed by atoms with Crippen LogP contribution in [0.5, 0.6) is 11.5 Å². The minimum atomic E-state index is -0.0889. The zero-order chi connectivity index (χ0) is 27.9. The van der Waals surface area contributed by atoms with Gasteiger partial charge in [-0.1, -0.05) is 18.2 Å². The van der Waals surface area contributed by atoms with E-state index in [1.165, 1.54) is 0 Å². The molecule has 39 heavy (non-hydrogen) atoms. The van der Waals surface area contributed by atoms with Crippen LogP contribution in [0.15, 0.2) is 42.1 Å². The van der Waals surface area contributed by atoms with Crippen molar-refractivity contribution in [2.45, 2.75) is 59.4 Å². The summed E-state index contributed by atoms with van der Waals surface area (Å²) in [5, 5.41) is 3.12. The first kappa shape index (κ1) is 28.3. The van der Waals surface area contributed by atoms with Crippen molar-refractivity contribution in [2.75, 3.05) is 45.7 Å². The Balaban J connectivity index is 1.58. The molecule has 8 heteroatoms. The molecule has 2 aliphatic rings. The standard InChI is InChI=1S/C31H42N4O4/c1-6-33-16-9-17-34(30(36)32-28-18-22(2)13-14-23(28)3)15-8-11-25-10-7-12-27-24(21-35(25)31(33)37)19-26(38-4)20-29(27)39-5/h10,13-14,18-20H,6-9,11-12,15-17,21H2,1-5H3,(H,32,36). The van der Waals surface area contributed by atoms with Crippen LogP contribution in [0.2, 0.25) is 0 Å². The average Bonchev–Trinajstić information content (AvgIpc) is 2.94. The molecule has 4 rings (SSSR count). The van der Waals surface area contributed by atoms with Crippen LogP contribution in [0.4, 0.5) is 15.3 Å². The van der Waals surface area contributed by atoms with Crippen molar-refractivity contribution in [2.24, 2.45) is 0 Å². The molecule has 2 aromatic carbocycles. The van der Waals surface area contributed by atoms with Gasteiger partial charge in [-0.15, -0.1) is 0 Å². The van der Waals surface area contributed by atoms with E-state index in [0.717, 1.165) is 64.4 Å². The van der Waals surface area contributed by atoms with Crippen LogP contribution in [0, 0.1) is 13.8 Å². The molecule has 1 saturated heterocycles. The molecule has 0 aromatic heterocycles. The van der Waals surface area contributed by atoms with E-state index in [0.29, 0.717) is 45.6 Å². The van der Waals surface area contributed by atoms with E-state index in [1.54, 1.807) is 14.2 Å². The van der Waals surface area contributed by atoms with Gasteiger partial charge in [-0.2, -0.15) is 0 Å². The number of amides is 4. The number of benzene rings is 2. The fraction of sp³-hybridized carbons (Fsp3) is 0.484. The van der Waals surface area contributed by atoms with E-state index in [-0.39, 0.29) is 12.1 Å². The van der Waals surface area contributed by atoms with Gasteiger partial charge >= 0.3 is 12.1 Å². The van der Waals surface area contributed by atoms with Crippen LogP contribution in [-0.4, -0.2) is 67.2 Å². The molecule has 0 unspecified atom stereocenters. The predicted octanol–water partition coefficient (Wildman–Crippen LogP) is 6.11. The summed E-state index contributed by atoms with van der Waals surface area (Å²) in [5.74, 6) is 1.52. The molecule has 2 aromatic rings. The molecular formula is C31H42N4O4. The highest BCUT2D eigenvalue weighted by molar-refractivity contribution is 5.90. The van der Waals surface area contributed by atoms with E-state index in [4.69, 9.17) is 9.47 Å². The summed E-state index contributed by atoms with van der Waals surface area (Å²) >= 11 is 0. The quantitative estimate of drug-likeness (QED) is 0.513. The molecule has 0 aliphatic carbocycles. The molecule has 210 valence electrons. The Morgan fingerprint density at radius 2 is 1.79 bits per heavy atom. The first-order chi connectivity index (χ1) is 18.8. The number of fused-ring (bicyclic) bond motifs is 2. The van der Waals surface area contributed by atoms with Gasteiger partial charge in [-0.25, -0.2) is 9.59 Å². The third-order valence-electron chi connectivity index (χ3n) is 7.70. The average molecular weight is 535 g/mol. The Morgan fingerprint density at radius 3 is 2.54 bits per heavy atom. The van der Waals surface area contributed by atoms with Gasteiger partial charge in [-0.05, 0) is 87.3 Å². The van der Waals surface area contributed by atoms with Crippen LogP contribution < -0.4 is 14.8 Å². The number of nitrogens with one attached hydrogen (secondary N) is 1. The molecule has 0 bridgehead atoms. The van der Waals surface area contributed by atoms with Gasteiger partial charge in [0.1, 0.15) is 11.5 Å². The summed E-state index contributed by atoms with van der Waals surface area (Å²) in [6.07, 6.45) is 6.03. The van der Waals surface area contributed by atoms with Gasteiger partial charge < -0.3 is 24.6 Å². The molecule has 0 spiro atoms. The molecule has 0 atom stereocenters. The van der Waals surface area contributed by atoms with Crippen LogP contribution in [0.25, 0.3) is 0 Å².